The van der Waals surface area contributed by atoms with Crippen LogP contribution in [0.3, 0.4) is 0 Å². The van der Waals surface area contributed by atoms with E-state index in [0.29, 0.717) is 33.1 Å². The van der Waals surface area contributed by atoms with Crippen molar-refractivity contribution in [3.05, 3.63) is 46.5 Å². The molecule has 2 rings (SSSR count). The third-order valence-corrected chi connectivity index (χ3v) is 6.15. The van der Waals surface area contributed by atoms with Gasteiger partial charge in [0.1, 0.15) is 17.2 Å². The van der Waals surface area contributed by atoms with E-state index in [1.165, 1.54) is 14.2 Å². The summed E-state index contributed by atoms with van der Waals surface area (Å²) in [6.45, 7) is 7.10. The third kappa shape index (κ3) is 8.46. The van der Waals surface area contributed by atoms with Gasteiger partial charge in [0.2, 0.25) is 0 Å². The van der Waals surface area contributed by atoms with Crippen LogP contribution in [0.25, 0.3) is 0 Å². The molecule has 0 aromatic heterocycles. The van der Waals surface area contributed by atoms with Gasteiger partial charge in [0.25, 0.3) is 0 Å². The van der Waals surface area contributed by atoms with Crippen LogP contribution in [0.15, 0.2) is 30.3 Å². The van der Waals surface area contributed by atoms with E-state index in [2.05, 4.69) is 0 Å². The average molecular weight is 492 g/mol. The standard InChI is InChI=1S/C23H30ClO7P.Li/c1-13-9-8-10-18(24)21(13)23(25)32-22-19(30-15(3)27-6)11-17(29-14(2)26-5)12-20(22)31-16(4)28-7;/h8-12,14-16,32H,1-7H3;/q;+1. The van der Waals surface area contributed by atoms with Crippen LogP contribution in [0.2, 0.25) is 5.02 Å². The fourth-order valence-corrected chi connectivity index (χ4v) is 4.31. The molecule has 33 heavy (non-hydrogen) atoms. The zero-order valence-electron chi connectivity index (χ0n) is 20.4. The minimum atomic E-state index is -0.571. The fraction of sp³-hybridized carbons (Fsp3) is 0.435. The van der Waals surface area contributed by atoms with Crippen molar-refractivity contribution in [1.82, 2.24) is 0 Å². The number of methoxy groups -OCH3 is 3. The van der Waals surface area contributed by atoms with Crippen molar-refractivity contribution < 1.29 is 52.1 Å². The Kier molecular flexibility index (Phi) is 12.8. The van der Waals surface area contributed by atoms with Gasteiger partial charge in [-0.15, -0.1) is 0 Å². The smallest absolute Gasteiger partial charge is 0.465 e. The number of rotatable bonds is 12. The maximum absolute atomic E-state index is 13.3. The normalized spacial score (nSPS) is 13.8. The number of ether oxygens (including phenoxy) is 6. The number of benzene rings is 2. The van der Waals surface area contributed by atoms with Crippen LogP contribution < -0.4 is 38.4 Å². The van der Waals surface area contributed by atoms with E-state index in [1.807, 2.05) is 19.1 Å². The van der Waals surface area contributed by atoms with Crippen LogP contribution >= 0.6 is 20.2 Å². The van der Waals surface area contributed by atoms with Gasteiger partial charge in [0, 0.05) is 39.0 Å². The molecule has 176 valence electrons. The first-order chi connectivity index (χ1) is 15.2. The summed E-state index contributed by atoms with van der Waals surface area (Å²) in [5.41, 5.74) is 1.12. The summed E-state index contributed by atoms with van der Waals surface area (Å²) in [7, 11) is 4.27. The van der Waals surface area contributed by atoms with Crippen LogP contribution in [0, 0.1) is 6.92 Å². The number of halogens is 1. The van der Waals surface area contributed by atoms with Gasteiger partial charge in [-0.2, -0.15) is 0 Å². The van der Waals surface area contributed by atoms with Crippen LogP contribution in [0.5, 0.6) is 17.2 Å². The molecule has 0 aliphatic rings. The number of carbonyl (C=O) groups is 1. The maximum atomic E-state index is 13.3. The van der Waals surface area contributed by atoms with Gasteiger partial charge < -0.3 is 28.4 Å². The van der Waals surface area contributed by atoms with Crippen LogP contribution in [0.1, 0.15) is 36.7 Å². The first kappa shape index (κ1) is 29.7. The quantitative estimate of drug-likeness (QED) is 0.255. The molecule has 0 radical (unpaired) electrons. The molecule has 0 bridgehead atoms. The second kappa shape index (κ2) is 14.2. The Hall–Kier alpha value is -1.29. The molecule has 7 nitrogen and oxygen atoms in total. The van der Waals surface area contributed by atoms with E-state index in [-0.39, 0.29) is 33.0 Å². The minimum absolute atomic E-state index is 0. The molecule has 0 aliphatic heterocycles. The van der Waals surface area contributed by atoms with Crippen LogP contribution in [-0.4, -0.2) is 45.7 Å². The molecule has 0 saturated carbocycles. The molecule has 0 saturated heterocycles. The topological polar surface area (TPSA) is 72.5 Å². The molecule has 10 heteroatoms. The summed E-state index contributed by atoms with van der Waals surface area (Å²) in [5, 5.41) is 0.955. The zero-order chi connectivity index (χ0) is 23.8. The predicted molar refractivity (Wildman–Crippen MR) is 126 cm³/mol. The van der Waals surface area contributed by atoms with E-state index in [4.69, 9.17) is 40.0 Å². The monoisotopic (exact) mass is 491 g/mol. The fourth-order valence-electron chi connectivity index (χ4n) is 2.73. The molecule has 0 amide bonds. The molecule has 0 N–H and O–H groups in total. The van der Waals surface area contributed by atoms with Gasteiger partial charge in [-0.05, 0) is 47.9 Å². The van der Waals surface area contributed by atoms with Crippen LogP contribution in [0.4, 0.5) is 0 Å². The largest absolute Gasteiger partial charge is 1.00 e. The van der Waals surface area contributed by atoms with Crippen LogP contribution in [-0.2, 0) is 14.2 Å². The van der Waals surface area contributed by atoms with Crippen molar-refractivity contribution in [2.75, 3.05) is 21.3 Å². The molecular formula is C23H30ClLiO7P+. The molecule has 4 unspecified atom stereocenters. The SMILES string of the molecule is COC(C)Oc1cc(OC(C)OC)c(PC(=O)c2c(C)cccc2Cl)c(OC(C)OC)c1.[Li+]. The van der Waals surface area contributed by atoms with Crippen molar-refractivity contribution in [3.8, 4) is 17.2 Å². The number of aryl methyl sites for hydroxylation is 1. The van der Waals surface area contributed by atoms with Crippen molar-refractivity contribution >= 4 is 31.0 Å². The van der Waals surface area contributed by atoms with Gasteiger partial charge in [-0.1, -0.05) is 23.7 Å². The Labute approximate surface area is 214 Å². The van der Waals surface area contributed by atoms with E-state index in [0.717, 1.165) is 5.56 Å². The molecule has 0 heterocycles. The summed E-state index contributed by atoms with van der Waals surface area (Å²) in [5.74, 6) is 1.25. The second-order valence-electron chi connectivity index (χ2n) is 6.94. The number of carbonyl (C=O) groups excluding carboxylic acids is 1. The molecule has 2 aromatic rings. The van der Waals surface area contributed by atoms with Gasteiger partial charge >= 0.3 is 18.9 Å². The molecular weight excluding hydrogens is 462 g/mol. The van der Waals surface area contributed by atoms with Crippen molar-refractivity contribution in [2.24, 2.45) is 0 Å². The average Bonchev–Trinajstić information content (AvgIpc) is 2.75. The first-order valence-corrected chi connectivity index (χ1v) is 11.4. The summed E-state index contributed by atoms with van der Waals surface area (Å²) < 4.78 is 33.4. The molecule has 0 spiro atoms. The second-order valence-corrected chi connectivity index (χ2v) is 8.56. The summed E-state index contributed by atoms with van der Waals surface area (Å²) >= 11 is 6.33. The maximum Gasteiger partial charge on any atom is 1.00 e. The zero-order valence-corrected chi connectivity index (χ0v) is 22.1. The van der Waals surface area contributed by atoms with E-state index in [1.54, 1.807) is 46.1 Å². The van der Waals surface area contributed by atoms with Gasteiger partial charge in [0.15, 0.2) is 24.4 Å². The molecule has 0 fully saturated rings. The van der Waals surface area contributed by atoms with E-state index >= 15 is 0 Å². The van der Waals surface area contributed by atoms with Gasteiger partial charge in [-0.25, -0.2) is 0 Å². The summed E-state index contributed by atoms with van der Waals surface area (Å²) in [4.78, 5) is 13.3. The van der Waals surface area contributed by atoms with E-state index < -0.39 is 18.9 Å². The number of hydrogen-bond acceptors (Lipinski definition) is 7. The van der Waals surface area contributed by atoms with Crippen molar-refractivity contribution in [1.29, 1.82) is 0 Å². The minimum Gasteiger partial charge on any atom is -0.465 e. The Bertz CT molecular complexity index is 874. The van der Waals surface area contributed by atoms with Crippen molar-refractivity contribution in [2.45, 2.75) is 46.6 Å². The summed E-state index contributed by atoms with van der Waals surface area (Å²) in [6.07, 6.45) is -1.65. The third-order valence-electron chi connectivity index (χ3n) is 4.61. The van der Waals surface area contributed by atoms with E-state index in [9.17, 15) is 4.79 Å². The van der Waals surface area contributed by atoms with Crippen molar-refractivity contribution in [3.63, 3.8) is 0 Å². The predicted octanol–water partition coefficient (Wildman–Crippen LogP) is 1.91. The summed E-state index contributed by atoms with van der Waals surface area (Å²) in [6, 6.07) is 8.73. The Morgan fingerprint density at radius 1 is 0.879 bits per heavy atom. The first-order valence-electron chi connectivity index (χ1n) is 10.0. The van der Waals surface area contributed by atoms with Gasteiger partial charge in [0.05, 0.1) is 10.3 Å². The number of hydrogen-bond donors (Lipinski definition) is 0. The van der Waals surface area contributed by atoms with Gasteiger partial charge in [-0.3, -0.25) is 4.79 Å². The molecule has 4 atom stereocenters. The molecule has 2 aromatic carbocycles. The Morgan fingerprint density at radius 3 is 1.82 bits per heavy atom. The Balaban J connectivity index is 0.00000544. The molecule has 0 aliphatic carbocycles. The Morgan fingerprint density at radius 2 is 1.36 bits per heavy atom.